The highest BCUT2D eigenvalue weighted by molar-refractivity contribution is 9.10. The largest absolute Gasteiger partial charge is 0.481 e. The summed E-state index contributed by atoms with van der Waals surface area (Å²) < 4.78 is 6.84. The van der Waals surface area contributed by atoms with E-state index in [0.29, 0.717) is 6.04 Å². The Morgan fingerprint density at radius 1 is 1.52 bits per heavy atom. The smallest absolute Gasteiger partial charge is 0.260 e. The molecule has 2 rings (SSSR count). The minimum absolute atomic E-state index is 0.0499. The van der Waals surface area contributed by atoms with Crippen LogP contribution in [0.25, 0.3) is 0 Å². The lowest BCUT2D eigenvalue weighted by Crippen LogP contribution is -2.37. The number of nitrogens with one attached hydrogen (secondary N) is 1. The standard InChI is InChI=1S/C16H23BrN2O2/c1-3-13(18)9-11-8-12(17)4-7-15(11)21-10(2)16(20)19-14-5-6-14/h4,7-8,10,13-14H,3,5-6,9,18H2,1-2H3,(H,19,20). The highest BCUT2D eigenvalue weighted by Gasteiger charge is 2.26. The monoisotopic (exact) mass is 354 g/mol. The molecule has 1 fully saturated rings. The first-order valence-electron chi connectivity index (χ1n) is 7.50. The summed E-state index contributed by atoms with van der Waals surface area (Å²) in [5.74, 6) is 0.687. The predicted octanol–water partition coefficient (Wildman–Crippen LogP) is 2.77. The van der Waals surface area contributed by atoms with Gasteiger partial charge in [-0.1, -0.05) is 22.9 Å². The van der Waals surface area contributed by atoms with Gasteiger partial charge in [-0.25, -0.2) is 0 Å². The van der Waals surface area contributed by atoms with Gasteiger partial charge in [-0.15, -0.1) is 0 Å². The zero-order valence-corrected chi connectivity index (χ0v) is 14.2. The van der Waals surface area contributed by atoms with Gasteiger partial charge in [-0.05, 0) is 56.4 Å². The van der Waals surface area contributed by atoms with Crippen molar-refractivity contribution < 1.29 is 9.53 Å². The summed E-state index contributed by atoms with van der Waals surface area (Å²) in [6, 6.07) is 6.26. The lowest BCUT2D eigenvalue weighted by Gasteiger charge is -2.19. The molecule has 2 unspecified atom stereocenters. The lowest BCUT2D eigenvalue weighted by molar-refractivity contribution is -0.127. The molecule has 1 amide bonds. The summed E-state index contributed by atoms with van der Waals surface area (Å²) >= 11 is 3.47. The van der Waals surface area contributed by atoms with Crippen molar-refractivity contribution >= 4 is 21.8 Å². The molecule has 1 saturated carbocycles. The average molecular weight is 355 g/mol. The van der Waals surface area contributed by atoms with E-state index in [4.69, 9.17) is 10.5 Å². The van der Waals surface area contributed by atoms with Crippen LogP contribution in [-0.4, -0.2) is 24.1 Å². The van der Waals surface area contributed by atoms with E-state index < -0.39 is 6.10 Å². The van der Waals surface area contributed by atoms with Gasteiger partial charge in [0.25, 0.3) is 5.91 Å². The molecule has 0 aliphatic heterocycles. The molecule has 21 heavy (non-hydrogen) atoms. The van der Waals surface area contributed by atoms with Gasteiger partial charge in [-0.3, -0.25) is 4.79 Å². The van der Waals surface area contributed by atoms with Gasteiger partial charge in [0.2, 0.25) is 0 Å². The Bertz CT molecular complexity index is 503. The second-order valence-electron chi connectivity index (χ2n) is 5.67. The van der Waals surface area contributed by atoms with Crippen molar-refractivity contribution in [3.63, 3.8) is 0 Å². The maximum Gasteiger partial charge on any atom is 0.260 e. The van der Waals surface area contributed by atoms with Crippen LogP contribution in [0.3, 0.4) is 0 Å². The minimum Gasteiger partial charge on any atom is -0.481 e. The molecule has 0 spiro atoms. The molecule has 1 aliphatic carbocycles. The molecule has 1 aromatic rings. The summed E-state index contributed by atoms with van der Waals surface area (Å²) in [6.45, 7) is 3.85. The number of benzene rings is 1. The topological polar surface area (TPSA) is 64.3 Å². The van der Waals surface area contributed by atoms with Crippen LogP contribution in [0.4, 0.5) is 0 Å². The lowest BCUT2D eigenvalue weighted by atomic mass is 10.0. The van der Waals surface area contributed by atoms with Crippen LogP contribution in [-0.2, 0) is 11.2 Å². The van der Waals surface area contributed by atoms with Crippen LogP contribution < -0.4 is 15.8 Å². The van der Waals surface area contributed by atoms with Gasteiger partial charge in [0, 0.05) is 16.6 Å². The Hall–Kier alpha value is -1.07. The maximum absolute atomic E-state index is 12.0. The molecule has 2 atom stereocenters. The van der Waals surface area contributed by atoms with Crippen LogP contribution >= 0.6 is 15.9 Å². The molecule has 0 radical (unpaired) electrons. The molecule has 5 heteroatoms. The van der Waals surface area contributed by atoms with E-state index in [2.05, 4.69) is 28.2 Å². The fourth-order valence-corrected chi connectivity index (χ4v) is 2.45. The summed E-state index contributed by atoms with van der Waals surface area (Å²) in [6.07, 6.45) is 3.30. The molecular formula is C16H23BrN2O2. The molecule has 0 heterocycles. The number of carbonyl (C=O) groups excluding carboxylic acids is 1. The predicted molar refractivity (Wildman–Crippen MR) is 87.4 cm³/mol. The van der Waals surface area contributed by atoms with Gasteiger partial charge in [0.1, 0.15) is 5.75 Å². The molecule has 3 N–H and O–H groups in total. The quantitative estimate of drug-likeness (QED) is 0.791. The highest BCUT2D eigenvalue weighted by atomic mass is 79.9. The second kappa shape index (κ2) is 7.27. The van der Waals surface area contributed by atoms with E-state index in [0.717, 1.165) is 41.5 Å². The van der Waals surface area contributed by atoms with E-state index in [-0.39, 0.29) is 11.9 Å². The Labute approximate surface area is 134 Å². The van der Waals surface area contributed by atoms with Crippen molar-refractivity contribution in [1.29, 1.82) is 0 Å². The number of nitrogens with two attached hydrogens (primary N) is 1. The van der Waals surface area contributed by atoms with E-state index in [1.54, 1.807) is 6.92 Å². The van der Waals surface area contributed by atoms with Crippen molar-refractivity contribution in [3.8, 4) is 5.75 Å². The third-order valence-corrected chi connectivity index (χ3v) is 4.12. The van der Waals surface area contributed by atoms with Gasteiger partial charge in [0.15, 0.2) is 6.10 Å². The van der Waals surface area contributed by atoms with Crippen molar-refractivity contribution in [2.24, 2.45) is 5.73 Å². The van der Waals surface area contributed by atoms with Crippen LogP contribution in [0.5, 0.6) is 5.75 Å². The zero-order chi connectivity index (χ0) is 15.4. The molecule has 1 aliphatic rings. The zero-order valence-electron chi connectivity index (χ0n) is 12.6. The van der Waals surface area contributed by atoms with E-state index in [9.17, 15) is 4.79 Å². The number of hydrogen-bond acceptors (Lipinski definition) is 3. The summed E-state index contributed by atoms with van der Waals surface area (Å²) in [5.41, 5.74) is 7.07. The summed E-state index contributed by atoms with van der Waals surface area (Å²) in [4.78, 5) is 12.0. The SMILES string of the molecule is CCC(N)Cc1cc(Br)ccc1OC(C)C(=O)NC1CC1. The van der Waals surface area contributed by atoms with Gasteiger partial charge < -0.3 is 15.8 Å². The molecule has 0 saturated heterocycles. The number of ether oxygens (including phenoxy) is 1. The van der Waals surface area contributed by atoms with E-state index in [1.165, 1.54) is 0 Å². The van der Waals surface area contributed by atoms with Crippen molar-refractivity contribution in [2.45, 2.75) is 57.7 Å². The third kappa shape index (κ3) is 5.00. The number of halogens is 1. The summed E-state index contributed by atoms with van der Waals surface area (Å²) in [7, 11) is 0. The Morgan fingerprint density at radius 3 is 2.86 bits per heavy atom. The minimum atomic E-state index is -0.497. The normalized spacial score (nSPS) is 17.1. The first-order valence-corrected chi connectivity index (χ1v) is 8.30. The Kier molecular flexibility index (Phi) is 5.65. The average Bonchev–Trinajstić information content (AvgIpc) is 3.25. The molecule has 0 aromatic heterocycles. The second-order valence-corrected chi connectivity index (χ2v) is 6.58. The van der Waals surface area contributed by atoms with Crippen molar-refractivity contribution in [1.82, 2.24) is 5.32 Å². The van der Waals surface area contributed by atoms with Crippen LogP contribution in [0.1, 0.15) is 38.7 Å². The van der Waals surface area contributed by atoms with Gasteiger partial charge in [0.05, 0.1) is 0 Å². The Morgan fingerprint density at radius 2 is 2.24 bits per heavy atom. The number of amides is 1. The molecule has 4 nitrogen and oxygen atoms in total. The summed E-state index contributed by atoms with van der Waals surface area (Å²) in [5, 5.41) is 2.96. The maximum atomic E-state index is 12.0. The van der Waals surface area contributed by atoms with Gasteiger partial charge in [-0.2, -0.15) is 0 Å². The van der Waals surface area contributed by atoms with Crippen LogP contribution in [0.2, 0.25) is 0 Å². The first kappa shape index (κ1) is 16.3. The molecular weight excluding hydrogens is 332 g/mol. The molecule has 1 aromatic carbocycles. The van der Waals surface area contributed by atoms with Crippen molar-refractivity contribution in [3.05, 3.63) is 28.2 Å². The van der Waals surface area contributed by atoms with E-state index in [1.807, 2.05) is 18.2 Å². The number of hydrogen-bond donors (Lipinski definition) is 2. The van der Waals surface area contributed by atoms with E-state index >= 15 is 0 Å². The number of rotatable bonds is 7. The molecule has 116 valence electrons. The van der Waals surface area contributed by atoms with Crippen LogP contribution in [0, 0.1) is 0 Å². The number of carbonyl (C=O) groups is 1. The first-order chi connectivity index (χ1) is 9.99. The van der Waals surface area contributed by atoms with Crippen molar-refractivity contribution in [2.75, 3.05) is 0 Å². The fraction of sp³-hybridized carbons (Fsp3) is 0.562. The fourth-order valence-electron chi connectivity index (χ4n) is 2.04. The van der Waals surface area contributed by atoms with Gasteiger partial charge >= 0.3 is 0 Å². The molecule has 0 bridgehead atoms. The Balaban J connectivity index is 2.04. The van der Waals surface area contributed by atoms with Crippen LogP contribution in [0.15, 0.2) is 22.7 Å². The third-order valence-electron chi connectivity index (χ3n) is 3.63. The highest BCUT2D eigenvalue weighted by Crippen LogP contribution is 2.26.